The molecule has 0 unspecified atom stereocenters. The van der Waals surface area contributed by atoms with Crippen molar-refractivity contribution in [3.05, 3.63) is 24.0 Å². The highest BCUT2D eigenvalue weighted by molar-refractivity contribution is 5.85. The fourth-order valence-corrected chi connectivity index (χ4v) is 1.29. The van der Waals surface area contributed by atoms with Gasteiger partial charge < -0.3 is 9.67 Å². The lowest BCUT2D eigenvalue weighted by atomic mass is 10.2. The smallest absolute Gasteiger partial charge is 0.352 e. The predicted molar refractivity (Wildman–Crippen MR) is 50.9 cm³/mol. The van der Waals surface area contributed by atoms with E-state index in [0.29, 0.717) is 18.7 Å². The summed E-state index contributed by atoms with van der Waals surface area (Å²) in [5.41, 5.74) is 0.307. The molecule has 1 N–H and O–H groups in total. The van der Waals surface area contributed by atoms with E-state index in [4.69, 9.17) is 10.4 Å². The number of carboxylic acid groups (broad SMARTS) is 1. The molecule has 0 saturated heterocycles. The summed E-state index contributed by atoms with van der Waals surface area (Å²) < 4.78 is 1.69. The minimum Gasteiger partial charge on any atom is -0.477 e. The molecule has 4 heteroatoms. The van der Waals surface area contributed by atoms with Crippen molar-refractivity contribution < 1.29 is 9.90 Å². The normalized spacial score (nSPS) is 9.64. The maximum absolute atomic E-state index is 10.7. The highest BCUT2D eigenvalue weighted by Crippen LogP contribution is 2.05. The number of hydrogen-bond acceptors (Lipinski definition) is 2. The Bertz CT molecular complexity index is 349. The van der Waals surface area contributed by atoms with Gasteiger partial charge in [0.15, 0.2) is 0 Å². The lowest BCUT2D eigenvalue weighted by Gasteiger charge is -2.04. The van der Waals surface area contributed by atoms with Crippen molar-refractivity contribution in [1.82, 2.24) is 4.57 Å². The first-order chi connectivity index (χ1) is 6.75. The second-order valence-corrected chi connectivity index (χ2v) is 3.01. The molecule has 4 nitrogen and oxygen atoms in total. The predicted octanol–water partition coefficient (Wildman–Crippen LogP) is 1.88. The number of aromatic carboxylic acids is 1. The van der Waals surface area contributed by atoms with Crippen molar-refractivity contribution in [3.8, 4) is 6.07 Å². The SMILES string of the molecule is N#CCCCCn1cccc1C(=O)O. The maximum atomic E-state index is 10.7. The zero-order chi connectivity index (χ0) is 10.4. The van der Waals surface area contributed by atoms with Gasteiger partial charge in [-0.25, -0.2) is 4.79 Å². The molecule has 0 aromatic carbocycles. The van der Waals surface area contributed by atoms with Crippen molar-refractivity contribution in [2.75, 3.05) is 0 Å². The molecule has 0 amide bonds. The van der Waals surface area contributed by atoms with Crippen LogP contribution in [0.4, 0.5) is 0 Å². The Labute approximate surface area is 82.4 Å². The van der Waals surface area contributed by atoms with Gasteiger partial charge in [0, 0.05) is 19.2 Å². The summed E-state index contributed by atoms with van der Waals surface area (Å²) in [6, 6.07) is 5.35. The minimum atomic E-state index is -0.907. The third-order valence-electron chi connectivity index (χ3n) is 1.99. The standard InChI is InChI=1S/C10H12N2O2/c11-6-2-1-3-7-12-8-4-5-9(12)10(13)14/h4-5,8H,1-3,7H2,(H,13,14). The highest BCUT2D eigenvalue weighted by Gasteiger charge is 2.07. The first-order valence-corrected chi connectivity index (χ1v) is 4.51. The topological polar surface area (TPSA) is 66.0 Å². The van der Waals surface area contributed by atoms with Crippen LogP contribution in [0.15, 0.2) is 18.3 Å². The second kappa shape index (κ2) is 5.07. The molecule has 0 aliphatic rings. The number of rotatable bonds is 5. The Morgan fingerprint density at radius 3 is 3.00 bits per heavy atom. The number of carbonyl (C=O) groups is 1. The van der Waals surface area contributed by atoms with E-state index in [0.717, 1.165) is 12.8 Å². The van der Waals surface area contributed by atoms with Crippen LogP contribution in [0.2, 0.25) is 0 Å². The molecule has 0 bridgehead atoms. The molecule has 0 fully saturated rings. The van der Waals surface area contributed by atoms with Crippen LogP contribution < -0.4 is 0 Å². The van der Waals surface area contributed by atoms with Crippen LogP contribution in [0.1, 0.15) is 29.8 Å². The summed E-state index contributed by atoms with van der Waals surface area (Å²) in [5.74, 6) is -0.907. The van der Waals surface area contributed by atoms with Gasteiger partial charge in [-0.15, -0.1) is 0 Å². The molecule has 0 aliphatic carbocycles. The van der Waals surface area contributed by atoms with Crippen LogP contribution in [0.25, 0.3) is 0 Å². The molecule has 0 saturated carbocycles. The van der Waals surface area contributed by atoms with E-state index in [2.05, 4.69) is 6.07 Å². The van der Waals surface area contributed by atoms with Crippen molar-refractivity contribution in [1.29, 1.82) is 5.26 Å². The van der Waals surface area contributed by atoms with Gasteiger partial charge in [0.2, 0.25) is 0 Å². The lowest BCUT2D eigenvalue weighted by Crippen LogP contribution is -2.07. The molecule has 0 spiro atoms. The Morgan fingerprint density at radius 1 is 1.57 bits per heavy atom. The van der Waals surface area contributed by atoms with Gasteiger partial charge in [0.1, 0.15) is 5.69 Å². The van der Waals surface area contributed by atoms with Crippen LogP contribution >= 0.6 is 0 Å². The quantitative estimate of drug-likeness (QED) is 0.724. The Kier molecular flexibility index (Phi) is 3.74. The van der Waals surface area contributed by atoms with Crippen molar-refractivity contribution >= 4 is 5.97 Å². The van der Waals surface area contributed by atoms with Crippen LogP contribution in [-0.4, -0.2) is 15.6 Å². The summed E-state index contributed by atoms with van der Waals surface area (Å²) in [5, 5.41) is 17.1. The molecule has 1 aromatic rings. The summed E-state index contributed by atoms with van der Waals surface area (Å²) in [6.07, 6.45) is 3.93. The summed E-state index contributed by atoms with van der Waals surface area (Å²) in [4.78, 5) is 10.7. The zero-order valence-electron chi connectivity index (χ0n) is 7.81. The van der Waals surface area contributed by atoms with E-state index < -0.39 is 5.97 Å². The first kappa shape index (κ1) is 10.3. The maximum Gasteiger partial charge on any atom is 0.352 e. The average molecular weight is 192 g/mol. The van der Waals surface area contributed by atoms with Gasteiger partial charge in [-0.2, -0.15) is 5.26 Å². The Balaban J connectivity index is 2.47. The van der Waals surface area contributed by atoms with E-state index in [1.54, 1.807) is 22.9 Å². The summed E-state index contributed by atoms with van der Waals surface area (Å²) >= 11 is 0. The van der Waals surface area contributed by atoms with Gasteiger partial charge in [0.25, 0.3) is 0 Å². The van der Waals surface area contributed by atoms with Gasteiger partial charge >= 0.3 is 5.97 Å². The van der Waals surface area contributed by atoms with Gasteiger partial charge in [-0.05, 0) is 25.0 Å². The van der Waals surface area contributed by atoms with Gasteiger partial charge in [-0.3, -0.25) is 0 Å². The number of carboxylic acids is 1. The van der Waals surface area contributed by atoms with Gasteiger partial charge in [0.05, 0.1) is 6.07 Å². The molecule has 0 aliphatic heterocycles. The lowest BCUT2D eigenvalue weighted by molar-refractivity contribution is 0.0685. The third kappa shape index (κ3) is 2.63. The van der Waals surface area contributed by atoms with Crippen molar-refractivity contribution in [2.45, 2.75) is 25.8 Å². The molecule has 0 atom stereocenters. The first-order valence-electron chi connectivity index (χ1n) is 4.51. The Morgan fingerprint density at radius 2 is 2.36 bits per heavy atom. The molecular formula is C10H12N2O2. The molecule has 14 heavy (non-hydrogen) atoms. The fourth-order valence-electron chi connectivity index (χ4n) is 1.29. The van der Waals surface area contributed by atoms with E-state index in [1.807, 2.05) is 0 Å². The number of nitrogens with zero attached hydrogens (tertiary/aromatic N) is 2. The molecular weight excluding hydrogens is 180 g/mol. The zero-order valence-corrected chi connectivity index (χ0v) is 7.81. The highest BCUT2D eigenvalue weighted by atomic mass is 16.4. The molecule has 0 radical (unpaired) electrons. The average Bonchev–Trinajstić information content (AvgIpc) is 2.60. The third-order valence-corrected chi connectivity index (χ3v) is 1.99. The van der Waals surface area contributed by atoms with Crippen LogP contribution in [0.5, 0.6) is 0 Å². The van der Waals surface area contributed by atoms with E-state index in [9.17, 15) is 4.79 Å². The largest absolute Gasteiger partial charge is 0.477 e. The summed E-state index contributed by atoms with van der Waals surface area (Å²) in [6.45, 7) is 0.663. The Hall–Kier alpha value is -1.76. The minimum absolute atomic E-state index is 0.307. The van der Waals surface area contributed by atoms with Crippen molar-refractivity contribution in [3.63, 3.8) is 0 Å². The molecule has 1 aromatic heterocycles. The van der Waals surface area contributed by atoms with E-state index >= 15 is 0 Å². The van der Waals surface area contributed by atoms with E-state index in [-0.39, 0.29) is 0 Å². The second-order valence-electron chi connectivity index (χ2n) is 3.01. The number of aromatic nitrogens is 1. The van der Waals surface area contributed by atoms with Crippen molar-refractivity contribution in [2.24, 2.45) is 0 Å². The number of unbranched alkanes of at least 4 members (excludes halogenated alkanes) is 2. The van der Waals surface area contributed by atoms with Gasteiger partial charge in [-0.1, -0.05) is 0 Å². The van der Waals surface area contributed by atoms with Crippen LogP contribution in [-0.2, 0) is 6.54 Å². The van der Waals surface area contributed by atoms with Crippen LogP contribution in [0.3, 0.4) is 0 Å². The van der Waals surface area contributed by atoms with E-state index in [1.165, 1.54) is 0 Å². The molecule has 1 rings (SSSR count). The molecule has 1 heterocycles. The number of hydrogen-bond donors (Lipinski definition) is 1. The van der Waals surface area contributed by atoms with Crippen LogP contribution in [0, 0.1) is 11.3 Å². The molecule has 74 valence electrons. The monoisotopic (exact) mass is 192 g/mol. The fraction of sp³-hybridized carbons (Fsp3) is 0.400. The summed E-state index contributed by atoms with van der Waals surface area (Å²) in [7, 11) is 0. The number of nitriles is 1. The number of aryl methyl sites for hydroxylation is 1.